The van der Waals surface area contributed by atoms with Crippen molar-refractivity contribution in [1.29, 1.82) is 0 Å². The fraction of sp³-hybridized carbons (Fsp3) is 0.467. The van der Waals surface area contributed by atoms with Gasteiger partial charge in [-0.1, -0.05) is 0 Å². The molecule has 1 saturated heterocycles. The van der Waals surface area contributed by atoms with Gasteiger partial charge in [-0.3, -0.25) is 4.79 Å². The molecule has 1 fully saturated rings. The van der Waals surface area contributed by atoms with Gasteiger partial charge in [0.15, 0.2) is 0 Å². The number of urea groups is 1. The van der Waals surface area contributed by atoms with Crippen LogP contribution in [0.1, 0.15) is 19.8 Å². The van der Waals surface area contributed by atoms with Gasteiger partial charge in [0, 0.05) is 24.7 Å². The standard InChI is InChI=1S/C15H21N3O3/c1-2-21-13-5-3-12(4-6-13)17-15(20)18-9-7-11(8-10-18)14(16)19/h3-6,11H,2,7-10H2,1H3,(H2,16,19)(H,17,20). The number of amides is 3. The largest absolute Gasteiger partial charge is 0.494 e. The summed E-state index contributed by atoms with van der Waals surface area (Å²) < 4.78 is 5.35. The molecule has 21 heavy (non-hydrogen) atoms. The molecule has 0 aromatic heterocycles. The lowest BCUT2D eigenvalue weighted by atomic mass is 9.96. The SMILES string of the molecule is CCOc1ccc(NC(=O)N2CCC(C(N)=O)CC2)cc1. The summed E-state index contributed by atoms with van der Waals surface area (Å²) in [4.78, 5) is 24.9. The van der Waals surface area contributed by atoms with E-state index in [2.05, 4.69) is 5.32 Å². The maximum Gasteiger partial charge on any atom is 0.321 e. The van der Waals surface area contributed by atoms with Crippen molar-refractivity contribution in [3.8, 4) is 5.75 Å². The van der Waals surface area contributed by atoms with Gasteiger partial charge in [-0.2, -0.15) is 0 Å². The van der Waals surface area contributed by atoms with Crippen LogP contribution in [0.5, 0.6) is 5.75 Å². The van der Waals surface area contributed by atoms with E-state index < -0.39 is 0 Å². The van der Waals surface area contributed by atoms with E-state index in [1.807, 2.05) is 19.1 Å². The summed E-state index contributed by atoms with van der Waals surface area (Å²) in [6.45, 7) is 3.64. The van der Waals surface area contributed by atoms with Gasteiger partial charge in [0.2, 0.25) is 5.91 Å². The lowest BCUT2D eigenvalue weighted by Gasteiger charge is -2.30. The molecular formula is C15H21N3O3. The van der Waals surface area contributed by atoms with Crippen LogP contribution in [0.2, 0.25) is 0 Å². The first-order chi connectivity index (χ1) is 10.1. The summed E-state index contributed by atoms with van der Waals surface area (Å²) in [6, 6.07) is 7.09. The van der Waals surface area contributed by atoms with E-state index in [-0.39, 0.29) is 17.9 Å². The predicted octanol–water partition coefficient (Wildman–Crippen LogP) is 1.81. The second-order valence-electron chi connectivity index (χ2n) is 5.05. The molecule has 3 N–H and O–H groups in total. The molecule has 114 valence electrons. The highest BCUT2D eigenvalue weighted by Gasteiger charge is 2.25. The number of hydrogen-bond acceptors (Lipinski definition) is 3. The number of ether oxygens (including phenoxy) is 1. The second-order valence-corrected chi connectivity index (χ2v) is 5.05. The Hall–Kier alpha value is -2.24. The van der Waals surface area contributed by atoms with E-state index in [1.54, 1.807) is 17.0 Å². The Kier molecular flexibility index (Phi) is 5.03. The summed E-state index contributed by atoms with van der Waals surface area (Å²) in [5.74, 6) is 0.388. The van der Waals surface area contributed by atoms with Gasteiger partial charge < -0.3 is 20.7 Å². The lowest BCUT2D eigenvalue weighted by molar-refractivity contribution is -0.122. The molecule has 0 saturated carbocycles. The van der Waals surface area contributed by atoms with Crippen molar-refractivity contribution in [2.24, 2.45) is 11.7 Å². The van der Waals surface area contributed by atoms with Crippen molar-refractivity contribution in [2.75, 3.05) is 25.0 Å². The topological polar surface area (TPSA) is 84.7 Å². The predicted molar refractivity (Wildman–Crippen MR) is 80.1 cm³/mol. The molecule has 0 spiro atoms. The summed E-state index contributed by atoms with van der Waals surface area (Å²) in [5.41, 5.74) is 6.00. The smallest absolute Gasteiger partial charge is 0.321 e. The first-order valence-electron chi connectivity index (χ1n) is 7.18. The van der Waals surface area contributed by atoms with Crippen LogP contribution in [0.3, 0.4) is 0 Å². The summed E-state index contributed by atoms with van der Waals surface area (Å²) in [5, 5.41) is 2.84. The highest BCUT2D eigenvalue weighted by molar-refractivity contribution is 5.89. The average molecular weight is 291 g/mol. The van der Waals surface area contributed by atoms with Crippen molar-refractivity contribution in [2.45, 2.75) is 19.8 Å². The van der Waals surface area contributed by atoms with Crippen molar-refractivity contribution < 1.29 is 14.3 Å². The molecule has 3 amide bonds. The molecule has 1 aliphatic rings. The quantitative estimate of drug-likeness (QED) is 0.887. The number of nitrogens with zero attached hydrogens (tertiary/aromatic N) is 1. The molecule has 0 aliphatic carbocycles. The molecule has 6 heteroatoms. The summed E-state index contributed by atoms with van der Waals surface area (Å²) >= 11 is 0. The molecule has 0 radical (unpaired) electrons. The monoisotopic (exact) mass is 291 g/mol. The van der Waals surface area contributed by atoms with E-state index in [0.29, 0.717) is 32.5 Å². The number of anilines is 1. The fourth-order valence-electron chi connectivity index (χ4n) is 2.37. The van der Waals surface area contributed by atoms with Crippen molar-refractivity contribution in [3.63, 3.8) is 0 Å². The fourth-order valence-corrected chi connectivity index (χ4v) is 2.37. The van der Waals surface area contributed by atoms with Gasteiger partial charge in [0.1, 0.15) is 5.75 Å². The number of benzene rings is 1. The van der Waals surface area contributed by atoms with Gasteiger partial charge in [0.25, 0.3) is 0 Å². The minimum Gasteiger partial charge on any atom is -0.494 e. The van der Waals surface area contributed by atoms with E-state index in [0.717, 1.165) is 11.4 Å². The van der Waals surface area contributed by atoms with Crippen LogP contribution in [0, 0.1) is 5.92 Å². The van der Waals surface area contributed by atoms with Crippen LogP contribution in [0.4, 0.5) is 10.5 Å². The summed E-state index contributed by atoms with van der Waals surface area (Å²) in [6.07, 6.45) is 1.26. The van der Waals surface area contributed by atoms with Crippen molar-refractivity contribution in [1.82, 2.24) is 4.90 Å². The Morgan fingerprint density at radius 2 is 1.90 bits per heavy atom. The molecule has 0 atom stereocenters. The zero-order valence-electron chi connectivity index (χ0n) is 12.2. The molecule has 1 aliphatic heterocycles. The average Bonchev–Trinajstić information content (AvgIpc) is 2.49. The third-order valence-electron chi connectivity index (χ3n) is 3.60. The Bertz CT molecular complexity index is 493. The Balaban J connectivity index is 1.85. The van der Waals surface area contributed by atoms with Crippen LogP contribution < -0.4 is 15.8 Å². The van der Waals surface area contributed by atoms with E-state index >= 15 is 0 Å². The minimum absolute atomic E-state index is 0.112. The molecular weight excluding hydrogens is 270 g/mol. The lowest BCUT2D eigenvalue weighted by Crippen LogP contribution is -2.43. The van der Waals surface area contributed by atoms with Crippen LogP contribution in [-0.2, 0) is 4.79 Å². The van der Waals surface area contributed by atoms with Gasteiger partial charge in [0.05, 0.1) is 6.61 Å². The van der Waals surface area contributed by atoms with E-state index in [4.69, 9.17) is 10.5 Å². The molecule has 6 nitrogen and oxygen atoms in total. The zero-order valence-corrected chi connectivity index (χ0v) is 12.2. The minimum atomic E-state index is -0.276. The highest BCUT2D eigenvalue weighted by atomic mass is 16.5. The molecule has 1 aromatic carbocycles. The first-order valence-corrected chi connectivity index (χ1v) is 7.18. The Morgan fingerprint density at radius 3 is 2.43 bits per heavy atom. The van der Waals surface area contributed by atoms with Crippen LogP contribution in [0.15, 0.2) is 24.3 Å². The van der Waals surface area contributed by atoms with Crippen molar-refractivity contribution >= 4 is 17.6 Å². The van der Waals surface area contributed by atoms with Gasteiger partial charge >= 0.3 is 6.03 Å². The number of rotatable bonds is 4. The zero-order chi connectivity index (χ0) is 15.2. The normalized spacial score (nSPS) is 15.6. The first kappa shape index (κ1) is 15.2. The highest BCUT2D eigenvalue weighted by Crippen LogP contribution is 2.19. The van der Waals surface area contributed by atoms with E-state index in [9.17, 15) is 9.59 Å². The van der Waals surface area contributed by atoms with Crippen LogP contribution in [-0.4, -0.2) is 36.5 Å². The molecule has 2 rings (SSSR count). The van der Waals surface area contributed by atoms with Gasteiger partial charge in [-0.15, -0.1) is 0 Å². The number of primary amides is 1. The second kappa shape index (κ2) is 6.97. The summed E-state index contributed by atoms with van der Waals surface area (Å²) in [7, 11) is 0. The number of piperidine rings is 1. The Labute approximate surface area is 124 Å². The van der Waals surface area contributed by atoms with Crippen LogP contribution in [0.25, 0.3) is 0 Å². The molecule has 1 aromatic rings. The number of nitrogens with one attached hydrogen (secondary N) is 1. The molecule has 1 heterocycles. The number of nitrogens with two attached hydrogens (primary N) is 1. The Morgan fingerprint density at radius 1 is 1.29 bits per heavy atom. The number of hydrogen-bond donors (Lipinski definition) is 2. The molecule has 0 bridgehead atoms. The number of likely N-dealkylation sites (tertiary alicyclic amines) is 1. The maximum absolute atomic E-state index is 12.1. The number of carbonyl (C=O) groups excluding carboxylic acids is 2. The number of carbonyl (C=O) groups is 2. The van der Waals surface area contributed by atoms with Gasteiger partial charge in [-0.25, -0.2) is 4.79 Å². The maximum atomic E-state index is 12.1. The third-order valence-corrected chi connectivity index (χ3v) is 3.60. The third kappa shape index (κ3) is 4.11. The van der Waals surface area contributed by atoms with Crippen molar-refractivity contribution in [3.05, 3.63) is 24.3 Å². The van der Waals surface area contributed by atoms with E-state index in [1.165, 1.54) is 0 Å². The van der Waals surface area contributed by atoms with Gasteiger partial charge in [-0.05, 0) is 44.0 Å². The molecule has 0 unspecified atom stereocenters. The van der Waals surface area contributed by atoms with Crippen LogP contribution >= 0.6 is 0 Å².